The number of carbonyl (C=O) groups is 1. The van der Waals surface area contributed by atoms with Crippen LogP contribution in [0.5, 0.6) is 5.75 Å². The molecule has 88 valence electrons. The minimum Gasteiger partial charge on any atom is -0.488 e. The zero-order valence-electron chi connectivity index (χ0n) is 10.3. The van der Waals surface area contributed by atoms with Gasteiger partial charge in [-0.3, -0.25) is 4.79 Å². The van der Waals surface area contributed by atoms with Crippen molar-refractivity contribution in [2.45, 2.75) is 39.3 Å². The summed E-state index contributed by atoms with van der Waals surface area (Å²) in [6.07, 6.45) is 0. The number of hydrogen-bond donors (Lipinski definition) is 1. The molecule has 1 aromatic carbocycles. The Morgan fingerprint density at radius 2 is 1.75 bits per heavy atom. The number of hydrogen-bond acceptors (Lipinski definition) is 3. The molecule has 1 rings (SSSR count). The molecule has 3 heteroatoms. The van der Waals surface area contributed by atoms with Crippen molar-refractivity contribution in [3.8, 4) is 5.75 Å². The molecular formula is C13H19NO2. The van der Waals surface area contributed by atoms with Gasteiger partial charge in [-0.15, -0.1) is 0 Å². The fraction of sp³-hybridized carbons (Fsp3) is 0.462. The summed E-state index contributed by atoms with van der Waals surface area (Å²) < 4.78 is 5.65. The Hall–Kier alpha value is -1.35. The van der Waals surface area contributed by atoms with E-state index in [1.165, 1.54) is 0 Å². The lowest BCUT2D eigenvalue weighted by Gasteiger charge is -2.21. The van der Waals surface area contributed by atoms with Crippen molar-refractivity contribution in [2.24, 2.45) is 5.73 Å². The average molecular weight is 221 g/mol. The van der Waals surface area contributed by atoms with E-state index in [0.29, 0.717) is 5.56 Å². The highest BCUT2D eigenvalue weighted by atomic mass is 16.5. The molecule has 2 N–H and O–H groups in total. The fourth-order valence-electron chi connectivity index (χ4n) is 1.30. The number of ketones is 1. The highest BCUT2D eigenvalue weighted by Crippen LogP contribution is 2.18. The molecule has 0 aliphatic heterocycles. The second kappa shape index (κ2) is 4.66. The first-order valence-electron chi connectivity index (χ1n) is 5.38. The average Bonchev–Trinajstić information content (AvgIpc) is 2.15. The normalized spacial score (nSPS) is 13.3. The molecule has 0 spiro atoms. The van der Waals surface area contributed by atoms with Gasteiger partial charge < -0.3 is 10.5 Å². The Morgan fingerprint density at radius 3 is 2.12 bits per heavy atom. The highest BCUT2D eigenvalue weighted by molar-refractivity contribution is 5.99. The van der Waals surface area contributed by atoms with Gasteiger partial charge in [0.25, 0.3) is 0 Å². The number of Topliss-reactive ketones (excluding diaryl/α,β-unsaturated/α-hetero) is 1. The van der Waals surface area contributed by atoms with Crippen molar-refractivity contribution in [3.05, 3.63) is 29.8 Å². The molecule has 0 heterocycles. The number of ether oxygens (including phenoxy) is 1. The second-order valence-electron chi connectivity index (χ2n) is 4.89. The predicted molar refractivity (Wildman–Crippen MR) is 64.8 cm³/mol. The number of rotatable bonds is 3. The van der Waals surface area contributed by atoms with E-state index in [-0.39, 0.29) is 11.4 Å². The maximum absolute atomic E-state index is 11.6. The molecule has 16 heavy (non-hydrogen) atoms. The van der Waals surface area contributed by atoms with Crippen molar-refractivity contribution in [2.75, 3.05) is 0 Å². The van der Waals surface area contributed by atoms with Gasteiger partial charge >= 0.3 is 0 Å². The first-order valence-corrected chi connectivity index (χ1v) is 5.38. The van der Waals surface area contributed by atoms with Crippen molar-refractivity contribution >= 4 is 5.78 Å². The van der Waals surface area contributed by atoms with E-state index in [0.717, 1.165) is 5.75 Å². The number of carbonyl (C=O) groups excluding carboxylic acids is 1. The fourth-order valence-corrected chi connectivity index (χ4v) is 1.30. The molecule has 0 aliphatic rings. The van der Waals surface area contributed by atoms with Crippen LogP contribution in [-0.4, -0.2) is 17.4 Å². The van der Waals surface area contributed by atoms with Gasteiger partial charge in [-0.05, 0) is 52.0 Å². The van der Waals surface area contributed by atoms with Crippen LogP contribution in [0, 0.1) is 0 Å². The van der Waals surface area contributed by atoms with Gasteiger partial charge in [0, 0.05) is 5.56 Å². The van der Waals surface area contributed by atoms with Gasteiger partial charge in [0.05, 0.1) is 6.04 Å². The summed E-state index contributed by atoms with van der Waals surface area (Å²) in [5.41, 5.74) is 5.92. The maximum atomic E-state index is 11.6. The lowest BCUT2D eigenvalue weighted by Crippen LogP contribution is -2.26. The molecule has 0 saturated carbocycles. The molecule has 0 fully saturated rings. The van der Waals surface area contributed by atoms with Crippen LogP contribution < -0.4 is 10.5 Å². The Morgan fingerprint density at radius 1 is 1.25 bits per heavy atom. The molecule has 1 atom stereocenters. The lowest BCUT2D eigenvalue weighted by atomic mass is 10.1. The molecular weight excluding hydrogens is 202 g/mol. The van der Waals surface area contributed by atoms with E-state index in [4.69, 9.17) is 10.5 Å². The van der Waals surface area contributed by atoms with E-state index < -0.39 is 6.04 Å². The molecule has 0 radical (unpaired) electrons. The quantitative estimate of drug-likeness (QED) is 0.797. The van der Waals surface area contributed by atoms with Crippen LogP contribution in [-0.2, 0) is 0 Å². The van der Waals surface area contributed by atoms with Crippen molar-refractivity contribution < 1.29 is 9.53 Å². The van der Waals surface area contributed by atoms with Gasteiger partial charge in [0.2, 0.25) is 0 Å². The molecule has 1 unspecified atom stereocenters. The monoisotopic (exact) mass is 221 g/mol. The van der Waals surface area contributed by atoms with Crippen LogP contribution in [0.4, 0.5) is 0 Å². The van der Waals surface area contributed by atoms with E-state index >= 15 is 0 Å². The summed E-state index contributed by atoms with van der Waals surface area (Å²) in [7, 11) is 0. The molecule has 3 nitrogen and oxygen atoms in total. The Kier molecular flexibility index (Phi) is 3.70. The largest absolute Gasteiger partial charge is 0.488 e. The molecule has 0 amide bonds. The summed E-state index contributed by atoms with van der Waals surface area (Å²) >= 11 is 0. The van der Waals surface area contributed by atoms with Crippen molar-refractivity contribution in [1.29, 1.82) is 0 Å². The summed E-state index contributed by atoms with van der Waals surface area (Å²) in [6.45, 7) is 7.62. The van der Waals surface area contributed by atoms with E-state index in [9.17, 15) is 4.79 Å². The van der Waals surface area contributed by atoms with Crippen LogP contribution in [0.1, 0.15) is 38.1 Å². The number of benzene rings is 1. The van der Waals surface area contributed by atoms with Crippen molar-refractivity contribution in [3.63, 3.8) is 0 Å². The van der Waals surface area contributed by atoms with E-state index in [1.807, 2.05) is 20.8 Å². The summed E-state index contributed by atoms with van der Waals surface area (Å²) in [5.74, 6) is 0.705. The minimum atomic E-state index is -0.464. The van der Waals surface area contributed by atoms with Gasteiger partial charge in [0.15, 0.2) is 5.78 Å². The molecule has 1 aromatic rings. The zero-order valence-corrected chi connectivity index (χ0v) is 10.3. The van der Waals surface area contributed by atoms with Gasteiger partial charge in [-0.2, -0.15) is 0 Å². The topological polar surface area (TPSA) is 52.3 Å². The Bertz CT molecular complexity index is 361. The van der Waals surface area contributed by atoms with Gasteiger partial charge in [0.1, 0.15) is 11.4 Å². The maximum Gasteiger partial charge on any atom is 0.179 e. The van der Waals surface area contributed by atoms with Crippen LogP contribution in [0.3, 0.4) is 0 Å². The molecule has 0 bridgehead atoms. The third-order valence-electron chi connectivity index (χ3n) is 1.98. The van der Waals surface area contributed by atoms with Crippen molar-refractivity contribution in [1.82, 2.24) is 0 Å². The summed E-state index contributed by atoms with van der Waals surface area (Å²) in [6, 6.07) is 6.61. The van der Waals surface area contributed by atoms with Gasteiger partial charge in [-0.25, -0.2) is 0 Å². The summed E-state index contributed by atoms with van der Waals surface area (Å²) in [5, 5.41) is 0. The Balaban J connectivity index is 2.80. The van der Waals surface area contributed by atoms with Crippen LogP contribution in [0.15, 0.2) is 24.3 Å². The SMILES string of the molecule is CC(N)C(=O)c1ccc(OC(C)(C)C)cc1. The molecule has 0 aromatic heterocycles. The first-order chi connectivity index (χ1) is 7.29. The lowest BCUT2D eigenvalue weighted by molar-refractivity contribution is 0.0968. The highest BCUT2D eigenvalue weighted by Gasteiger charge is 2.13. The van der Waals surface area contributed by atoms with Crippen LogP contribution in [0.2, 0.25) is 0 Å². The first kappa shape index (κ1) is 12.7. The van der Waals surface area contributed by atoms with Gasteiger partial charge in [-0.1, -0.05) is 0 Å². The zero-order chi connectivity index (χ0) is 12.3. The number of nitrogens with two attached hydrogens (primary N) is 1. The Labute approximate surface area is 96.6 Å². The minimum absolute atomic E-state index is 0.0534. The van der Waals surface area contributed by atoms with Crippen LogP contribution >= 0.6 is 0 Å². The molecule has 0 aliphatic carbocycles. The second-order valence-corrected chi connectivity index (χ2v) is 4.89. The van der Waals surface area contributed by atoms with Crippen LogP contribution in [0.25, 0.3) is 0 Å². The smallest absolute Gasteiger partial charge is 0.179 e. The standard InChI is InChI=1S/C13H19NO2/c1-9(14)12(15)10-5-7-11(8-6-10)16-13(2,3)4/h5-9H,14H2,1-4H3. The predicted octanol–water partition coefficient (Wildman–Crippen LogP) is 2.39. The van der Waals surface area contributed by atoms with E-state index in [2.05, 4.69) is 0 Å². The summed E-state index contributed by atoms with van der Waals surface area (Å²) in [4.78, 5) is 11.6. The molecule has 0 saturated heterocycles. The third-order valence-corrected chi connectivity index (χ3v) is 1.98. The van der Waals surface area contributed by atoms with E-state index in [1.54, 1.807) is 31.2 Å². The third kappa shape index (κ3) is 3.66.